The third-order valence-corrected chi connectivity index (χ3v) is 6.96. The summed E-state index contributed by atoms with van der Waals surface area (Å²) in [6.07, 6.45) is 7.95. The third kappa shape index (κ3) is 2.72. The minimum Gasteiger partial charge on any atom is -0.299 e. The van der Waals surface area contributed by atoms with E-state index in [0.29, 0.717) is 36.4 Å². The van der Waals surface area contributed by atoms with Crippen molar-refractivity contribution in [2.45, 2.75) is 19.8 Å². The molecule has 1 aromatic carbocycles. The van der Waals surface area contributed by atoms with Crippen LogP contribution in [0.15, 0.2) is 65.6 Å². The fourth-order valence-electron chi connectivity index (χ4n) is 5.43. The van der Waals surface area contributed by atoms with Gasteiger partial charge in [-0.05, 0) is 18.2 Å². The van der Waals surface area contributed by atoms with E-state index < -0.39 is 11.8 Å². The lowest BCUT2D eigenvalue weighted by atomic mass is 9.91. The zero-order chi connectivity index (χ0) is 23.4. The van der Waals surface area contributed by atoms with E-state index in [1.165, 1.54) is 0 Å². The number of pyridine rings is 1. The maximum absolute atomic E-state index is 13.3. The Morgan fingerprint density at radius 1 is 1.12 bits per heavy atom. The van der Waals surface area contributed by atoms with Crippen LogP contribution in [0, 0.1) is 0 Å². The lowest BCUT2D eigenvalue weighted by Crippen LogP contribution is -2.54. The van der Waals surface area contributed by atoms with Crippen molar-refractivity contribution in [2.24, 2.45) is 4.99 Å². The van der Waals surface area contributed by atoms with Gasteiger partial charge in [0.2, 0.25) is 0 Å². The normalized spacial score (nSPS) is 21.4. The Hall–Kier alpha value is -4.17. The van der Waals surface area contributed by atoms with Gasteiger partial charge in [-0.3, -0.25) is 24.3 Å². The Labute approximate surface area is 195 Å². The Bertz CT molecular complexity index is 1510. The predicted molar refractivity (Wildman–Crippen MR) is 129 cm³/mol. The smallest absolute Gasteiger partial charge is 0.299 e. The summed E-state index contributed by atoms with van der Waals surface area (Å²) in [5, 5.41) is 2.46. The van der Waals surface area contributed by atoms with Crippen molar-refractivity contribution >= 4 is 46.4 Å². The molecule has 5 heterocycles. The van der Waals surface area contributed by atoms with Gasteiger partial charge < -0.3 is 0 Å². The molecule has 2 aromatic heterocycles. The standard InChI is InChI=1S/C26H21N5O3/c1-2-21(32)31-12-9-16-6-5-7-17(24(16)31)18(14-27-10-13-31)22-23(26(34)29-25(22)33)19-15-28-20-8-3-4-11-30(19)20/h3-8,10-11,14-15H,2,9,12-13H2,1H3/p+1. The van der Waals surface area contributed by atoms with Gasteiger partial charge >= 0.3 is 5.91 Å². The van der Waals surface area contributed by atoms with E-state index in [1.807, 2.05) is 49.5 Å². The summed E-state index contributed by atoms with van der Waals surface area (Å²) in [6.45, 7) is 2.99. The molecule has 0 bridgehead atoms. The monoisotopic (exact) mass is 452 g/mol. The average molecular weight is 452 g/mol. The Morgan fingerprint density at radius 3 is 2.82 bits per heavy atom. The first-order valence-electron chi connectivity index (χ1n) is 11.3. The van der Waals surface area contributed by atoms with Crippen LogP contribution >= 0.6 is 0 Å². The van der Waals surface area contributed by atoms with Gasteiger partial charge in [0, 0.05) is 35.5 Å². The highest BCUT2D eigenvalue weighted by Crippen LogP contribution is 2.45. The number of nitrogens with one attached hydrogen (secondary N) is 1. The van der Waals surface area contributed by atoms with Crippen molar-refractivity contribution in [3.63, 3.8) is 0 Å². The zero-order valence-electron chi connectivity index (χ0n) is 18.6. The highest BCUT2D eigenvalue weighted by atomic mass is 16.2. The predicted octanol–water partition coefficient (Wildman–Crippen LogP) is 2.67. The molecule has 8 heteroatoms. The molecule has 0 aliphatic carbocycles. The highest BCUT2D eigenvalue weighted by molar-refractivity contribution is 6.40. The molecule has 3 aliphatic rings. The van der Waals surface area contributed by atoms with Crippen LogP contribution in [0.4, 0.5) is 5.69 Å². The number of hydrogen-bond donors (Lipinski definition) is 1. The number of para-hydroxylation sites is 1. The first kappa shape index (κ1) is 20.4. The third-order valence-electron chi connectivity index (χ3n) is 6.96. The molecule has 3 aromatic rings. The fraction of sp³-hybridized carbons (Fsp3) is 0.192. The molecule has 6 rings (SSSR count). The number of aromatic nitrogens is 2. The number of hydrogen-bond acceptors (Lipinski definition) is 5. The van der Waals surface area contributed by atoms with Crippen molar-refractivity contribution in [3.8, 4) is 0 Å². The second kappa shape index (κ2) is 7.43. The summed E-state index contributed by atoms with van der Waals surface area (Å²) in [6, 6.07) is 11.4. The van der Waals surface area contributed by atoms with E-state index in [0.717, 1.165) is 23.2 Å². The molecule has 0 saturated heterocycles. The maximum atomic E-state index is 13.3. The average Bonchev–Trinajstić information content (AvgIpc) is 3.51. The van der Waals surface area contributed by atoms with E-state index in [2.05, 4.69) is 15.3 Å². The second-order valence-electron chi connectivity index (χ2n) is 8.66. The first-order valence-corrected chi connectivity index (χ1v) is 11.3. The molecule has 0 spiro atoms. The number of carbonyl (C=O) groups excluding carboxylic acids is 3. The number of imide groups is 1. The largest absolute Gasteiger partial charge is 0.318 e. The first-order chi connectivity index (χ1) is 16.5. The van der Waals surface area contributed by atoms with E-state index in [4.69, 9.17) is 0 Å². The van der Waals surface area contributed by atoms with Crippen molar-refractivity contribution < 1.29 is 14.4 Å². The molecule has 0 saturated carbocycles. The van der Waals surface area contributed by atoms with Crippen molar-refractivity contribution in [2.75, 3.05) is 13.1 Å². The van der Waals surface area contributed by atoms with Crippen LogP contribution in [-0.2, 0) is 20.8 Å². The number of carbonyl (C=O) groups is 3. The minimum atomic E-state index is -0.483. The van der Waals surface area contributed by atoms with Crippen LogP contribution in [-0.4, -0.2) is 46.4 Å². The summed E-state index contributed by atoms with van der Waals surface area (Å²) in [4.78, 5) is 48.4. The van der Waals surface area contributed by atoms with Crippen LogP contribution in [0.5, 0.6) is 0 Å². The Kier molecular flexibility index (Phi) is 4.46. The Morgan fingerprint density at radius 2 is 1.97 bits per heavy atom. The topological polar surface area (TPSA) is 92.9 Å². The molecule has 3 aliphatic heterocycles. The Balaban J connectivity index is 1.65. The number of aliphatic imine (C=N–C) groups is 1. The second-order valence-corrected chi connectivity index (χ2v) is 8.66. The van der Waals surface area contributed by atoms with E-state index in [9.17, 15) is 14.4 Å². The molecule has 0 radical (unpaired) electrons. The number of amides is 3. The number of fused-ring (bicyclic) bond motifs is 1. The van der Waals surface area contributed by atoms with Gasteiger partial charge in [-0.15, -0.1) is 0 Å². The maximum Gasteiger partial charge on any atom is 0.318 e. The lowest BCUT2D eigenvalue weighted by Gasteiger charge is -2.32. The van der Waals surface area contributed by atoms with Crippen molar-refractivity contribution in [1.29, 1.82) is 0 Å². The van der Waals surface area contributed by atoms with Gasteiger partial charge in [0.05, 0.1) is 42.2 Å². The van der Waals surface area contributed by atoms with E-state index >= 15 is 0 Å². The molecule has 3 amide bonds. The molecule has 0 fully saturated rings. The van der Waals surface area contributed by atoms with E-state index in [1.54, 1.807) is 23.0 Å². The van der Waals surface area contributed by atoms with Crippen LogP contribution in [0.2, 0.25) is 0 Å². The molecule has 1 atom stereocenters. The highest BCUT2D eigenvalue weighted by Gasteiger charge is 2.47. The number of benzene rings is 1. The van der Waals surface area contributed by atoms with Crippen LogP contribution in [0.3, 0.4) is 0 Å². The number of quaternary nitrogens is 1. The number of nitrogens with zero attached hydrogens (tertiary/aromatic N) is 4. The zero-order valence-corrected chi connectivity index (χ0v) is 18.6. The van der Waals surface area contributed by atoms with Gasteiger partial charge in [-0.1, -0.05) is 25.1 Å². The van der Waals surface area contributed by atoms with Crippen molar-refractivity contribution in [3.05, 3.63) is 77.4 Å². The van der Waals surface area contributed by atoms with E-state index in [-0.39, 0.29) is 21.5 Å². The number of imidazole rings is 1. The van der Waals surface area contributed by atoms with Crippen LogP contribution in [0.25, 0.3) is 16.8 Å². The van der Waals surface area contributed by atoms with Crippen LogP contribution < -0.4 is 9.80 Å². The molecular weight excluding hydrogens is 430 g/mol. The minimum absolute atomic E-state index is 0.113. The molecule has 8 nitrogen and oxygen atoms in total. The summed E-state index contributed by atoms with van der Waals surface area (Å²) >= 11 is 0. The van der Waals surface area contributed by atoms with Gasteiger partial charge in [-0.2, -0.15) is 0 Å². The van der Waals surface area contributed by atoms with Gasteiger partial charge in [0.15, 0.2) is 5.69 Å². The molecule has 1 unspecified atom stereocenters. The molecule has 1 N–H and O–H groups in total. The van der Waals surface area contributed by atoms with Gasteiger partial charge in [-0.25, -0.2) is 14.3 Å². The fourth-order valence-corrected chi connectivity index (χ4v) is 5.43. The lowest BCUT2D eigenvalue weighted by molar-refractivity contribution is -0.129. The molecule has 168 valence electrons. The quantitative estimate of drug-likeness (QED) is 0.489. The van der Waals surface area contributed by atoms with Gasteiger partial charge in [0.25, 0.3) is 11.8 Å². The summed E-state index contributed by atoms with van der Waals surface area (Å²) in [7, 11) is 0. The number of rotatable bonds is 3. The van der Waals surface area contributed by atoms with Gasteiger partial charge in [0.1, 0.15) is 12.2 Å². The molecule has 34 heavy (non-hydrogen) atoms. The summed E-state index contributed by atoms with van der Waals surface area (Å²) in [5.74, 6) is -0.846. The van der Waals surface area contributed by atoms with Crippen LogP contribution in [0.1, 0.15) is 30.2 Å². The summed E-state index contributed by atoms with van der Waals surface area (Å²) < 4.78 is 1.97. The SMILES string of the molecule is CCC(=O)[N+]12CC=NC=C(C3=C(c4cnc5ccccn45)C(=O)NC3=O)c3cccc(c31)CC2. The van der Waals surface area contributed by atoms with Crippen molar-refractivity contribution in [1.82, 2.24) is 19.2 Å². The molecular formula is C26H22N5O3+. The summed E-state index contributed by atoms with van der Waals surface area (Å²) in [5.41, 5.74) is 4.99.